The minimum absolute atomic E-state index is 0.0644. The lowest BCUT2D eigenvalue weighted by molar-refractivity contribution is -0.172. The quantitative estimate of drug-likeness (QED) is 0.496. The molecule has 0 aromatic carbocycles. The van der Waals surface area contributed by atoms with Crippen LogP contribution >= 0.6 is 0 Å². The van der Waals surface area contributed by atoms with Crippen LogP contribution in [0.15, 0.2) is 0 Å². The molecule has 4 aliphatic rings. The Bertz CT molecular complexity index is 848. The number of fused-ring (bicyclic) bond motifs is 5. The summed E-state index contributed by atoms with van der Waals surface area (Å²) >= 11 is 0. The van der Waals surface area contributed by atoms with E-state index in [1.54, 1.807) is 0 Å². The number of rotatable bonds is 2. The van der Waals surface area contributed by atoms with Gasteiger partial charge < -0.3 is 9.47 Å². The molecule has 6 unspecified atom stereocenters. The molecule has 30 heavy (non-hydrogen) atoms. The SMILES string of the molecule is C#C[C@@]1(OC(C)=O)CC2CCC3C(CCC4(C)C3CC[C@]4(C#C)OC(C)=O)C2(C)C1. The summed E-state index contributed by atoms with van der Waals surface area (Å²) in [5.74, 6) is 7.19. The van der Waals surface area contributed by atoms with Crippen LogP contribution in [0.1, 0.15) is 79.1 Å². The second-order valence-electron chi connectivity index (χ2n) is 10.8. The van der Waals surface area contributed by atoms with E-state index in [-0.39, 0.29) is 22.8 Å². The van der Waals surface area contributed by atoms with Crippen LogP contribution in [0.4, 0.5) is 0 Å². The fraction of sp³-hybridized carbons (Fsp3) is 0.769. The highest BCUT2D eigenvalue weighted by Crippen LogP contribution is 2.70. The topological polar surface area (TPSA) is 52.6 Å². The van der Waals surface area contributed by atoms with Crippen molar-refractivity contribution in [2.75, 3.05) is 0 Å². The Morgan fingerprint density at radius 1 is 0.900 bits per heavy atom. The molecular weight excluding hydrogens is 376 g/mol. The highest BCUT2D eigenvalue weighted by atomic mass is 16.6. The standard InChI is InChI=1S/C26H34O4/c1-7-25(29-17(3)27)15-19-9-10-20-21(23(19,5)16-25)11-13-24(6)22(20)12-14-26(24,8-2)30-18(4)28/h1-2,19-22H,9-16H2,3-6H3/t19?,20?,21?,22?,23?,24?,25-,26+/m1/s1. The lowest BCUT2D eigenvalue weighted by Crippen LogP contribution is -2.55. The molecule has 0 radical (unpaired) electrons. The summed E-state index contributed by atoms with van der Waals surface area (Å²) < 4.78 is 11.6. The zero-order valence-electron chi connectivity index (χ0n) is 18.8. The zero-order valence-corrected chi connectivity index (χ0v) is 18.8. The monoisotopic (exact) mass is 410 g/mol. The van der Waals surface area contributed by atoms with E-state index >= 15 is 0 Å². The van der Waals surface area contributed by atoms with E-state index in [9.17, 15) is 9.59 Å². The molecule has 4 aliphatic carbocycles. The van der Waals surface area contributed by atoms with Crippen LogP contribution < -0.4 is 0 Å². The van der Waals surface area contributed by atoms with Gasteiger partial charge in [0, 0.05) is 32.1 Å². The van der Waals surface area contributed by atoms with Crippen LogP contribution in [-0.4, -0.2) is 23.1 Å². The van der Waals surface area contributed by atoms with Gasteiger partial charge in [0.15, 0.2) is 11.2 Å². The molecule has 8 atom stereocenters. The number of hydrogen-bond donors (Lipinski definition) is 0. The summed E-state index contributed by atoms with van der Waals surface area (Å²) in [5, 5.41) is 0. The highest BCUT2D eigenvalue weighted by Gasteiger charge is 2.68. The Balaban J connectivity index is 1.65. The van der Waals surface area contributed by atoms with E-state index in [2.05, 4.69) is 25.7 Å². The first-order valence-corrected chi connectivity index (χ1v) is 11.4. The second kappa shape index (κ2) is 6.78. The highest BCUT2D eigenvalue weighted by molar-refractivity contribution is 5.67. The van der Waals surface area contributed by atoms with Crippen molar-refractivity contribution in [3.05, 3.63) is 0 Å². The van der Waals surface area contributed by atoms with E-state index in [1.165, 1.54) is 13.8 Å². The Morgan fingerprint density at radius 3 is 2.17 bits per heavy atom. The lowest BCUT2D eigenvalue weighted by Gasteiger charge is -2.58. The summed E-state index contributed by atoms with van der Waals surface area (Å²) in [5.41, 5.74) is -1.68. The van der Waals surface area contributed by atoms with Crippen molar-refractivity contribution in [2.24, 2.45) is 34.5 Å². The molecule has 4 heteroatoms. The summed E-state index contributed by atoms with van der Waals surface area (Å²) in [6, 6.07) is 0. The predicted octanol–water partition coefficient (Wildman–Crippen LogP) is 4.51. The van der Waals surface area contributed by atoms with Gasteiger partial charge in [-0.3, -0.25) is 9.59 Å². The molecular formula is C26H34O4. The van der Waals surface area contributed by atoms with Gasteiger partial charge in [-0.25, -0.2) is 0 Å². The van der Waals surface area contributed by atoms with Crippen molar-refractivity contribution in [1.82, 2.24) is 0 Å². The molecule has 0 aromatic heterocycles. The Morgan fingerprint density at radius 2 is 1.57 bits per heavy atom. The van der Waals surface area contributed by atoms with Crippen LogP contribution in [0.2, 0.25) is 0 Å². The lowest BCUT2D eigenvalue weighted by atomic mass is 9.47. The zero-order chi connectivity index (χ0) is 21.9. The molecule has 0 aliphatic heterocycles. The molecule has 0 spiro atoms. The maximum atomic E-state index is 11.9. The van der Waals surface area contributed by atoms with Crippen LogP contribution in [0, 0.1) is 59.2 Å². The fourth-order valence-electron chi connectivity index (χ4n) is 8.40. The minimum atomic E-state index is -0.789. The van der Waals surface area contributed by atoms with E-state index < -0.39 is 11.2 Å². The Labute approximate surface area is 180 Å². The van der Waals surface area contributed by atoms with Gasteiger partial charge in [0.25, 0.3) is 0 Å². The first kappa shape index (κ1) is 21.3. The number of esters is 2. The van der Waals surface area contributed by atoms with Crippen LogP contribution in [0.5, 0.6) is 0 Å². The third-order valence-corrected chi connectivity index (χ3v) is 9.58. The van der Waals surface area contributed by atoms with Gasteiger partial charge in [0.1, 0.15) is 0 Å². The van der Waals surface area contributed by atoms with E-state index in [1.807, 2.05) is 0 Å². The molecule has 4 fully saturated rings. The molecule has 162 valence electrons. The first-order chi connectivity index (χ1) is 14.0. The number of hydrogen-bond acceptors (Lipinski definition) is 4. The van der Waals surface area contributed by atoms with Gasteiger partial charge in [-0.15, -0.1) is 12.8 Å². The van der Waals surface area contributed by atoms with Gasteiger partial charge in [-0.05, 0) is 67.6 Å². The van der Waals surface area contributed by atoms with Crippen molar-refractivity contribution in [1.29, 1.82) is 0 Å². The third kappa shape index (κ3) is 2.76. The number of carbonyl (C=O) groups excluding carboxylic acids is 2. The second-order valence-corrected chi connectivity index (χ2v) is 10.8. The van der Waals surface area contributed by atoms with E-state index in [4.69, 9.17) is 22.3 Å². The molecule has 0 amide bonds. The molecule has 0 N–H and O–H groups in total. The Hall–Kier alpha value is -1.94. The van der Waals surface area contributed by atoms with Crippen LogP contribution in [0.25, 0.3) is 0 Å². The van der Waals surface area contributed by atoms with Crippen molar-refractivity contribution < 1.29 is 19.1 Å². The molecule has 4 nitrogen and oxygen atoms in total. The fourth-order valence-corrected chi connectivity index (χ4v) is 8.40. The molecule has 0 aromatic rings. The van der Waals surface area contributed by atoms with E-state index in [0.717, 1.165) is 51.4 Å². The van der Waals surface area contributed by atoms with Gasteiger partial charge in [-0.2, -0.15) is 0 Å². The van der Waals surface area contributed by atoms with Crippen molar-refractivity contribution in [2.45, 2.75) is 90.3 Å². The summed E-state index contributed by atoms with van der Waals surface area (Å²) in [6.07, 6.45) is 19.4. The average molecular weight is 411 g/mol. The number of ether oxygens (including phenoxy) is 2. The molecule has 0 heterocycles. The minimum Gasteiger partial charge on any atom is -0.446 e. The summed E-state index contributed by atoms with van der Waals surface area (Å²) in [4.78, 5) is 23.6. The van der Waals surface area contributed by atoms with Gasteiger partial charge in [0.05, 0.1) is 0 Å². The van der Waals surface area contributed by atoms with Gasteiger partial charge in [-0.1, -0.05) is 25.7 Å². The molecule has 4 saturated carbocycles. The maximum absolute atomic E-state index is 11.9. The number of terminal acetylenes is 2. The average Bonchev–Trinajstić information content (AvgIpc) is 3.12. The van der Waals surface area contributed by atoms with Gasteiger partial charge >= 0.3 is 11.9 Å². The smallest absolute Gasteiger partial charge is 0.304 e. The number of carbonyl (C=O) groups is 2. The summed E-state index contributed by atoms with van der Waals surface area (Å²) in [6.45, 7) is 7.53. The normalized spacial score (nSPS) is 49.0. The van der Waals surface area contributed by atoms with Crippen molar-refractivity contribution in [3.8, 4) is 24.7 Å². The molecule has 4 rings (SSSR count). The van der Waals surface area contributed by atoms with Crippen LogP contribution in [-0.2, 0) is 19.1 Å². The third-order valence-electron chi connectivity index (χ3n) is 9.58. The van der Waals surface area contributed by atoms with Crippen molar-refractivity contribution in [3.63, 3.8) is 0 Å². The van der Waals surface area contributed by atoms with E-state index in [0.29, 0.717) is 23.7 Å². The van der Waals surface area contributed by atoms with Crippen molar-refractivity contribution >= 4 is 11.9 Å². The summed E-state index contributed by atoms with van der Waals surface area (Å²) in [7, 11) is 0. The molecule has 0 bridgehead atoms. The molecule has 0 saturated heterocycles. The maximum Gasteiger partial charge on any atom is 0.304 e. The Kier molecular flexibility index (Phi) is 4.81. The largest absolute Gasteiger partial charge is 0.446 e. The first-order valence-electron chi connectivity index (χ1n) is 11.4. The predicted molar refractivity (Wildman–Crippen MR) is 114 cm³/mol. The van der Waals surface area contributed by atoms with Crippen LogP contribution in [0.3, 0.4) is 0 Å². The van der Waals surface area contributed by atoms with Gasteiger partial charge in [0.2, 0.25) is 0 Å².